The van der Waals surface area contributed by atoms with Gasteiger partial charge >= 0.3 is 0 Å². The van der Waals surface area contributed by atoms with Gasteiger partial charge in [-0.05, 0) is 63.7 Å². The number of nitrogens with zero attached hydrogens (tertiary/aromatic N) is 1. The number of rotatable bonds is 3. The van der Waals surface area contributed by atoms with E-state index >= 15 is 0 Å². The highest BCUT2D eigenvalue weighted by Gasteiger charge is 2.46. The molecular weight excluding hydrogens is 294 g/mol. The van der Waals surface area contributed by atoms with Gasteiger partial charge in [-0.3, -0.25) is 4.90 Å². The number of ether oxygens (including phenoxy) is 1. The lowest BCUT2D eigenvalue weighted by atomic mass is 9.65. The molecule has 2 saturated carbocycles. The minimum Gasteiger partial charge on any atom is -0.376 e. The maximum atomic E-state index is 5.97. The molecule has 2 aliphatic carbocycles. The largest absolute Gasteiger partial charge is 0.376 e. The van der Waals surface area contributed by atoms with E-state index in [-0.39, 0.29) is 0 Å². The molecule has 1 saturated heterocycles. The van der Waals surface area contributed by atoms with Crippen LogP contribution in [-0.4, -0.2) is 36.2 Å². The topological polar surface area (TPSA) is 12.5 Å². The molecule has 1 aliphatic heterocycles. The van der Waals surface area contributed by atoms with Crippen LogP contribution in [0.25, 0.3) is 0 Å². The molecule has 24 heavy (non-hydrogen) atoms. The summed E-state index contributed by atoms with van der Waals surface area (Å²) in [5.74, 6) is 0.985. The summed E-state index contributed by atoms with van der Waals surface area (Å²) >= 11 is 0. The van der Waals surface area contributed by atoms with Crippen LogP contribution in [0.3, 0.4) is 0 Å². The molecule has 0 unspecified atom stereocenters. The third-order valence-corrected chi connectivity index (χ3v) is 6.04. The van der Waals surface area contributed by atoms with Crippen molar-refractivity contribution in [1.29, 1.82) is 0 Å². The first-order valence-corrected chi connectivity index (χ1v) is 11.0. The SMILES string of the molecule is CC.CC.CC1CCC2(CC1)CN(C1CCC(OC(C)C)CC1)C2. The lowest BCUT2D eigenvalue weighted by molar-refractivity contribution is -0.0862. The molecule has 1 spiro atoms. The van der Waals surface area contributed by atoms with Crippen molar-refractivity contribution >= 4 is 0 Å². The van der Waals surface area contributed by atoms with Gasteiger partial charge in [-0.1, -0.05) is 47.5 Å². The summed E-state index contributed by atoms with van der Waals surface area (Å²) in [4.78, 5) is 2.79. The molecule has 3 rings (SSSR count). The second-order valence-electron chi connectivity index (χ2n) is 8.20. The summed E-state index contributed by atoms with van der Waals surface area (Å²) in [5, 5.41) is 0. The molecule has 0 aromatic carbocycles. The van der Waals surface area contributed by atoms with Crippen molar-refractivity contribution in [3.63, 3.8) is 0 Å². The van der Waals surface area contributed by atoms with E-state index in [1.807, 2.05) is 27.7 Å². The van der Waals surface area contributed by atoms with Crippen LogP contribution in [0.4, 0.5) is 0 Å². The standard InChI is InChI=1S/C18H33NO.2C2H6/c1-14(2)20-17-6-4-16(5-7-17)19-12-18(13-19)10-8-15(3)9-11-18;2*1-2/h14-17H,4-13H2,1-3H3;2*1-2H3. The number of hydrogen-bond acceptors (Lipinski definition) is 2. The minimum absolute atomic E-state index is 0.396. The Bertz CT molecular complexity index is 304. The minimum atomic E-state index is 0.396. The van der Waals surface area contributed by atoms with E-state index in [1.54, 1.807) is 0 Å². The molecular formula is C22H45NO. The molecule has 144 valence electrons. The Hall–Kier alpha value is -0.0800. The third kappa shape index (κ3) is 6.02. The van der Waals surface area contributed by atoms with Crippen molar-refractivity contribution in [2.75, 3.05) is 13.1 Å². The van der Waals surface area contributed by atoms with Crippen LogP contribution in [0.2, 0.25) is 0 Å². The monoisotopic (exact) mass is 339 g/mol. The van der Waals surface area contributed by atoms with Gasteiger partial charge in [0.15, 0.2) is 0 Å². The second kappa shape index (κ2) is 10.8. The first kappa shape index (κ1) is 22.0. The smallest absolute Gasteiger partial charge is 0.0579 e. The van der Waals surface area contributed by atoms with Crippen molar-refractivity contribution in [1.82, 2.24) is 4.90 Å². The Labute approximate surface area is 152 Å². The van der Waals surface area contributed by atoms with E-state index in [0.717, 1.165) is 17.4 Å². The second-order valence-corrected chi connectivity index (χ2v) is 8.20. The van der Waals surface area contributed by atoms with E-state index in [9.17, 15) is 0 Å². The average Bonchev–Trinajstić information content (AvgIpc) is 2.58. The molecule has 2 heteroatoms. The highest BCUT2D eigenvalue weighted by Crippen LogP contribution is 2.47. The predicted molar refractivity (Wildman–Crippen MR) is 107 cm³/mol. The molecule has 0 N–H and O–H groups in total. The Balaban J connectivity index is 0.000000671. The molecule has 1 heterocycles. The summed E-state index contributed by atoms with van der Waals surface area (Å²) in [6.45, 7) is 17.6. The highest BCUT2D eigenvalue weighted by molar-refractivity contribution is 5.00. The van der Waals surface area contributed by atoms with Crippen molar-refractivity contribution in [2.24, 2.45) is 11.3 Å². The lowest BCUT2D eigenvalue weighted by Gasteiger charge is -2.57. The van der Waals surface area contributed by atoms with Crippen LogP contribution in [-0.2, 0) is 4.74 Å². The fraction of sp³-hybridized carbons (Fsp3) is 1.00. The molecule has 3 aliphatic rings. The summed E-state index contributed by atoms with van der Waals surface area (Å²) < 4.78 is 5.97. The van der Waals surface area contributed by atoms with Crippen molar-refractivity contribution < 1.29 is 4.74 Å². The van der Waals surface area contributed by atoms with E-state index in [4.69, 9.17) is 4.74 Å². The fourth-order valence-electron chi connectivity index (χ4n) is 4.70. The summed E-state index contributed by atoms with van der Waals surface area (Å²) in [5.41, 5.74) is 0.734. The van der Waals surface area contributed by atoms with Gasteiger partial charge in [-0.25, -0.2) is 0 Å². The van der Waals surface area contributed by atoms with Crippen LogP contribution in [0.5, 0.6) is 0 Å². The maximum absolute atomic E-state index is 5.97. The van der Waals surface area contributed by atoms with Gasteiger partial charge in [0, 0.05) is 19.1 Å². The highest BCUT2D eigenvalue weighted by atomic mass is 16.5. The zero-order valence-corrected chi connectivity index (χ0v) is 17.7. The van der Waals surface area contributed by atoms with E-state index in [0.29, 0.717) is 12.2 Å². The fourth-order valence-corrected chi connectivity index (χ4v) is 4.70. The molecule has 0 aromatic heterocycles. The number of hydrogen-bond donors (Lipinski definition) is 0. The van der Waals surface area contributed by atoms with Crippen LogP contribution < -0.4 is 0 Å². The van der Waals surface area contributed by atoms with E-state index < -0.39 is 0 Å². The summed E-state index contributed by atoms with van der Waals surface area (Å²) in [6, 6.07) is 0.868. The molecule has 0 radical (unpaired) electrons. The Morgan fingerprint density at radius 1 is 0.833 bits per heavy atom. The molecule has 0 aromatic rings. The van der Waals surface area contributed by atoms with Crippen molar-refractivity contribution in [3.05, 3.63) is 0 Å². The average molecular weight is 340 g/mol. The van der Waals surface area contributed by atoms with Crippen LogP contribution in [0.1, 0.15) is 99.8 Å². The van der Waals surface area contributed by atoms with Gasteiger partial charge < -0.3 is 4.74 Å². The van der Waals surface area contributed by atoms with Crippen LogP contribution in [0.15, 0.2) is 0 Å². The van der Waals surface area contributed by atoms with Crippen molar-refractivity contribution in [3.8, 4) is 0 Å². The maximum Gasteiger partial charge on any atom is 0.0579 e. The molecule has 0 bridgehead atoms. The molecule has 3 fully saturated rings. The Kier molecular flexibility index (Phi) is 9.89. The van der Waals surface area contributed by atoms with Gasteiger partial charge in [-0.15, -0.1) is 0 Å². The molecule has 0 amide bonds. The van der Waals surface area contributed by atoms with Crippen molar-refractivity contribution in [2.45, 2.75) is 118 Å². The normalized spacial score (nSPS) is 30.0. The summed E-state index contributed by atoms with van der Waals surface area (Å²) in [6.07, 6.45) is 12.2. The quantitative estimate of drug-likeness (QED) is 0.599. The zero-order chi connectivity index (χ0) is 18.2. The predicted octanol–water partition coefficient (Wildman–Crippen LogP) is 6.29. The zero-order valence-electron chi connectivity index (χ0n) is 17.7. The number of likely N-dealkylation sites (tertiary alicyclic amines) is 1. The van der Waals surface area contributed by atoms with Crippen LogP contribution >= 0.6 is 0 Å². The lowest BCUT2D eigenvalue weighted by Crippen LogP contribution is -2.61. The Morgan fingerprint density at radius 3 is 1.79 bits per heavy atom. The first-order chi connectivity index (χ1) is 11.6. The van der Waals surface area contributed by atoms with E-state index in [1.165, 1.54) is 64.5 Å². The Morgan fingerprint density at radius 2 is 1.33 bits per heavy atom. The first-order valence-electron chi connectivity index (χ1n) is 11.0. The van der Waals surface area contributed by atoms with Gasteiger partial charge in [0.2, 0.25) is 0 Å². The van der Waals surface area contributed by atoms with E-state index in [2.05, 4.69) is 25.7 Å². The molecule has 0 atom stereocenters. The van der Waals surface area contributed by atoms with Crippen LogP contribution in [0, 0.1) is 11.3 Å². The third-order valence-electron chi connectivity index (χ3n) is 6.04. The van der Waals surface area contributed by atoms with Gasteiger partial charge in [0.25, 0.3) is 0 Å². The summed E-state index contributed by atoms with van der Waals surface area (Å²) in [7, 11) is 0. The molecule has 2 nitrogen and oxygen atoms in total. The van der Waals surface area contributed by atoms with Gasteiger partial charge in [-0.2, -0.15) is 0 Å². The van der Waals surface area contributed by atoms with Gasteiger partial charge in [0.05, 0.1) is 12.2 Å². The van der Waals surface area contributed by atoms with Gasteiger partial charge in [0.1, 0.15) is 0 Å².